The largest absolute Gasteiger partial charge is 0.444 e. The van der Waals surface area contributed by atoms with Crippen LogP contribution >= 0.6 is 15.9 Å². The zero-order valence-electron chi connectivity index (χ0n) is 15.6. The van der Waals surface area contributed by atoms with Crippen molar-refractivity contribution in [3.05, 3.63) is 94.6 Å². The van der Waals surface area contributed by atoms with Gasteiger partial charge in [0.25, 0.3) is 11.8 Å². The number of aromatic nitrogens is 3. The van der Waals surface area contributed by atoms with Crippen LogP contribution in [0.4, 0.5) is 11.6 Å². The molecule has 0 atom stereocenters. The lowest BCUT2D eigenvalue weighted by Gasteiger charge is -2.06. The number of carbonyl (C=O) groups excluding carboxylic acids is 2. The summed E-state index contributed by atoms with van der Waals surface area (Å²) in [7, 11) is 0. The van der Waals surface area contributed by atoms with E-state index in [4.69, 9.17) is 4.42 Å². The second-order valence-electron chi connectivity index (χ2n) is 6.34. The Bertz CT molecular complexity index is 1190. The number of nitrogens with one attached hydrogen (secondary N) is 2. The first-order chi connectivity index (χ1) is 14.6. The third-order valence-corrected chi connectivity index (χ3v) is 4.56. The molecule has 2 N–H and O–H groups in total. The first kappa shape index (κ1) is 19.6. The Morgan fingerprint density at radius 2 is 1.80 bits per heavy atom. The van der Waals surface area contributed by atoms with E-state index in [1.807, 2.05) is 30.3 Å². The van der Waals surface area contributed by atoms with E-state index in [2.05, 4.69) is 36.6 Å². The minimum absolute atomic E-state index is 0.157. The molecular weight excluding hydrogens is 450 g/mol. The van der Waals surface area contributed by atoms with E-state index < -0.39 is 5.91 Å². The molecule has 0 spiro atoms. The zero-order chi connectivity index (χ0) is 20.9. The number of anilines is 2. The summed E-state index contributed by atoms with van der Waals surface area (Å²) >= 11 is 3.15. The summed E-state index contributed by atoms with van der Waals surface area (Å²) < 4.78 is 7.33. The van der Waals surface area contributed by atoms with Crippen LogP contribution in [0.25, 0.3) is 0 Å². The molecule has 0 aliphatic rings. The average Bonchev–Trinajstić information content (AvgIpc) is 3.38. The van der Waals surface area contributed by atoms with E-state index in [-0.39, 0.29) is 17.6 Å². The molecule has 0 saturated heterocycles. The van der Waals surface area contributed by atoms with Gasteiger partial charge in [0.1, 0.15) is 6.33 Å². The molecule has 0 saturated carbocycles. The van der Waals surface area contributed by atoms with E-state index in [0.29, 0.717) is 22.5 Å². The molecule has 2 heterocycles. The van der Waals surface area contributed by atoms with Crippen molar-refractivity contribution in [3.8, 4) is 0 Å². The SMILES string of the molecule is O=C(Nc1ncn(Cc2ccccc2)n1)c1cccc(NC(=O)c2ccc(Br)o2)c1. The summed E-state index contributed by atoms with van der Waals surface area (Å²) in [6.07, 6.45) is 1.56. The van der Waals surface area contributed by atoms with Crippen molar-refractivity contribution >= 4 is 39.4 Å². The zero-order valence-corrected chi connectivity index (χ0v) is 17.2. The molecule has 8 nitrogen and oxygen atoms in total. The second kappa shape index (κ2) is 8.75. The number of carbonyl (C=O) groups is 2. The molecule has 2 aromatic heterocycles. The summed E-state index contributed by atoms with van der Waals surface area (Å²) in [5, 5.41) is 9.62. The van der Waals surface area contributed by atoms with E-state index in [9.17, 15) is 9.59 Å². The Balaban J connectivity index is 1.40. The Labute approximate surface area is 180 Å². The summed E-state index contributed by atoms with van der Waals surface area (Å²) in [6, 6.07) is 19.5. The highest BCUT2D eigenvalue weighted by molar-refractivity contribution is 9.10. The molecule has 0 radical (unpaired) electrons. The monoisotopic (exact) mass is 465 g/mol. The minimum atomic E-state index is -0.417. The van der Waals surface area contributed by atoms with Crippen molar-refractivity contribution in [2.45, 2.75) is 6.54 Å². The molecule has 4 rings (SSSR count). The van der Waals surface area contributed by atoms with E-state index in [0.717, 1.165) is 5.56 Å². The van der Waals surface area contributed by atoms with Gasteiger partial charge in [0.2, 0.25) is 5.95 Å². The van der Waals surface area contributed by atoms with Gasteiger partial charge in [0.05, 0.1) is 6.54 Å². The number of hydrogen-bond acceptors (Lipinski definition) is 5. The average molecular weight is 466 g/mol. The smallest absolute Gasteiger partial charge is 0.291 e. The first-order valence-corrected chi connectivity index (χ1v) is 9.77. The molecule has 150 valence electrons. The fraction of sp³-hybridized carbons (Fsp3) is 0.0476. The van der Waals surface area contributed by atoms with Crippen molar-refractivity contribution < 1.29 is 14.0 Å². The lowest BCUT2D eigenvalue weighted by Crippen LogP contribution is -2.15. The van der Waals surface area contributed by atoms with Crippen molar-refractivity contribution in [3.63, 3.8) is 0 Å². The summed E-state index contributed by atoms with van der Waals surface area (Å²) in [5.74, 6) is -0.445. The predicted molar refractivity (Wildman–Crippen MR) is 114 cm³/mol. The first-order valence-electron chi connectivity index (χ1n) is 8.98. The lowest BCUT2D eigenvalue weighted by molar-refractivity contribution is 0.0992. The van der Waals surface area contributed by atoms with Gasteiger partial charge in [-0.2, -0.15) is 0 Å². The molecule has 0 unspecified atom stereocenters. The van der Waals surface area contributed by atoms with Gasteiger partial charge in [-0.3, -0.25) is 14.9 Å². The normalized spacial score (nSPS) is 10.6. The molecule has 2 aromatic carbocycles. The van der Waals surface area contributed by atoms with Gasteiger partial charge >= 0.3 is 0 Å². The van der Waals surface area contributed by atoms with Crippen LogP contribution in [0.3, 0.4) is 0 Å². The van der Waals surface area contributed by atoms with Gasteiger partial charge in [-0.15, -0.1) is 5.10 Å². The Morgan fingerprint density at radius 3 is 2.57 bits per heavy atom. The molecule has 0 aliphatic carbocycles. The van der Waals surface area contributed by atoms with Crippen LogP contribution in [-0.4, -0.2) is 26.6 Å². The highest BCUT2D eigenvalue weighted by atomic mass is 79.9. The van der Waals surface area contributed by atoms with Gasteiger partial charge in [0, 0.05) is 11.3 Å². The van der Waals surface area contributed by atoms with Crippen molar-refractivity contribution in [2.24, 2.45) is 0 Å². The maximum absolute atomic E-state index is 12.6. The second-order valence-corrected chi connectivity index (χ2v) is 7.13. The number of benzene rings is 2. The molecule has 4 aromatic rings. The third kappa shape index (κ3) is 4.81. The van der Waals surface area contributed by atoms with E-state index in [1.165, 1.54) is 0 Å². The van der Waals surface area contributed by atoms with Crippen LogP contribution in [-0.2, 0) is 6.54 Å². The van der Waals surface area contributed by atoms with Crippen LogP contribution in [0, 0.1) is 0 Å². The number of rotatable bonds is 6. The number of nitrogens with zero attached hydrogens (tertiary/aromatic N) is 3. The fourth-order valence-corrected chi connectivity index (χ4v) is 3.05. The topological polar surface area (TPSA) is 102 Å². The standard InChI is InChI=1S/C21H16BrN5O3/c22-18-10-9-17(30-18)20(29)24-16-8-4-7-15(11-16)19(28)25-21-23-13-27(26-21)12-14-5-2-1-3-6-14/h1-11,13H,12H2,(H,24,29)(H,25,26,28). The van der Waals surface area contributed by atoms with E-state index >= 15 is 0 Å². The molecule has 30 heavy (non-hydrogen) atoms. The number of furan rings is 1. The molecular formula is C21H16BrN5O3. The molecule has 9 heteroatoms. The maximum atomic E-state index is 12.6. The van der Waals surface area contributed by atoms with Gasteiger partial charge in [0.15, 0.2) is 10.4 Å². The van der Waals surface area contributed by atoms with Gasteiger partial charge in [-0.25, -0.2) is 9.67 Å². The highest BCUT2D eigenvalue weighted by Gasteiger charge is 2.13. The number of hydrogen-bond donors (Lipinski definition) is 2. The van der Waals surface area contributed by atoms with Crippen LogP contribution < -0.4 is 10.6 Å². The fourth-order valence-electron chi connectivity index (χ4n) is 2.74. The molecule has 0 aliphatic heterocycles. The van der Waals surface area contributed by atoms with Gasteiger partial charge in [-0.1, -0.05) is 36.4 Å². The van der Waals surface area contributed by atoms with Crippen LogP contribution in [0.5, 0.6) is 0 Å². The quantitative estimate of drug-likeness (QED) is 0.444. The Morgan fingerprint density at radius 1 is 0.967 bits per heavy atom. The van der Waals surface area contributed by atoms with Crippen molar-refractivity contribution in [1.29, 1.82) is 0 Å². The van der Waals surface area contributed by atoms with Crippen LogP contribution in [0.15, 0.2) is 82.1 Å². The van der Waals surface area contributed by atoms with Crippen molar-refractivity contribution in [1.82, 2.24) is 14.8 Å². The predicted octanol–water partition coefficient (Wildman–Crippen LogP) is 4.19. The van der Waals surface area contributed by atoms with Crippen LogP contribution in [0.1, 0.15) is 26.5 Å². The van der Waals surface area contributed by atoms with Crippen LogP contribution in [0.2, 0.25) is 0 Å². The number of amides is 2. The Kier molecular flexibility index (Phi) is 5.71. The minimum Gasteiger partial charge on any atom is -0.444 e. The third-order valence-electron chi connectivity index (χ3n) is 4.13. The summed E-state index contributed by atoms with van der Waals surface area (Å²) in [6.45, 7) is 0.550. The maximum Gasteiger partial charge on any atom is 0.291 e. The van der Waals surface area contributed by atoms with Gasteiger partial charge < -0.3 is 9.73 Å². The molecule has 0 fully saturated rings. The highest BCUT2D eigenvalue weighted by Crippen LogP contribution is 2.17. The molecule has 2 amide bonds. The van der Waals surface area contributed by atoms with E-state index in [1.54, 1.807) is 47.4 Å². The lowest BCUT2D eigenvalue weighted by atomic mass is 10.2. The Hall–Kier alpha value is -3.72. The summed E-state index contributed by atoms with van der Waals surface area (Å²) in [5.41, 5.74) is 1.89. The van der Waals surface area contributed by atoms with Crippen molar-refractivity contribution in [2.75, 3.05) is 10.6 Å². The number of halogens is 1. The molecule has 0 bridgehead atoms. The van der Waals surface area contributed by atoms with Gasteiger partial charge in [-0.05, 0) is 51.8 Å². The summed E-state index contributed by atoms with van der Waals surface area (Å²) in [4.78, 5) is 28.9.